The van der Waals surface area contributed by atoms with Crippen LogP contribution in [0.3, 0.4) is 0 Å². The lowest BCUT2D eigenvalue weighted by Crippen LogP contribution is -2.33. The van der Waals surface area contributed by atoms with Gasteiger partial charge in [-0.1, -0.05) is 6.08 Å². The van der Waals surface area contributed by atoms with Gasteiger partial charge < -0.3 is 10.0 Å². The van der Waals surface area contributed by atoms with Gasteiger partial charge in [0.05, 0.1) is 0 Å². The Morgan fingerprint density at radius 3 is 2.92 bits per heavy atom. The van der Waals surface area contributed by atoms with Crippen molar-refractivity contribution in [1.82, 2.24) is 4.98 Å². The molecule has 3 nitrogen and oxygen atoms in total. The van der Waals surface area contributed by atoms with Gasteiger partial charge in [-0.3, -0.25) is 4.98 Å². The second-order valence-electron chi connectivity index (χ2n) is 2.78. The van der Waals surface area contributed by atoms with Crippen LogP contribution in [0.4, 0.5) is 0 Å². The highest BCUT2D eigenvalue weighted by molar-refractivity contribution is 6.59. The van der Waals surface area contributed by atoms with Gasteiger partial charge in [-0.05, 0) is 24.5 Å². The molecular formula is C9H12BNO2. The van der Waals surface area contributed by atoms with Crippen molar-refractivity contribution in [3.63, 3.8) is 0 Å². The van der Waals surface area contributed by atoms with Crippen LogP contribution in [0.2, 0.25) is 0 Å². The van der Waals surface area contributed by atoms with Crippen LogP contribution >= 0.6 is 0 Å². The van der Waals surface area contributed by atoms with E-state index >= 15 is 0 Å². The molecule has 0 radical (unpaired) electrons. The van der Waals surface area contributed by atoms with Gasteiger partial charge >= 0.3 is 7.12 Å². The maximum absolute atomic E-state index is 8.99. The van der Waals surface area contributed by atoms with Crippen LogP contribution in [0.1, 0.15) is 12.0 Å². The van der Waals surface area contributed by atoms with E-state index in [9.17, 15) is 0 Å². The van der Waals surface area contributed by atoms with E-state index in [1.165, 1.54) is 6.20 Å². The second kappa shape index (κ2) is 4.79. The molecule has 0 bridgehead atoms. The molecule has 0 saturated carbocycles. The zero-order chi connectivity index (χ0) is 9.68. The molecule has 68 valence electrons. The summed E-state index contributed by atoms with van der Waals surface area (Å²) in [6, 6.07) is 1.79. The first-order valence-electron chi connectivity index (χ1n) is 4.15. The lowest BCUT2D eigenvalue weighted by molar-refractivity contribution is 0.425. The molecule has 2 N–H and O–H groups in total. The Bertz CT molecular complexity index is 289. The number of hydrogen-bond donors (Lipinski definition) is 2. The third-order valence-corrected chi connectivity index (χ3v) is 1.84. The summed E-state index contributed by atoms with van der Waals surface area (Å²) in [6.07, 6.45) is 6.50. The normalized spacial score (nSPS) is 9.69. The van der Waals surface area contributed by atoms with Gasteiger partial charge in [-0.2, -0.15) is 0 Å². The fraction of sp³-hybridized carbons (Fsp3) is 0.222. The van der Waals surface area contributed by atoms with Crippen LogP contribution in [-0.2, 0) is 6.42 Å². The number of rotatable bonds is 4. The van der Waals surface area contributed by atoms with Crippen molar-refractivity contribution in [3.05, 3.63) is 36.7 Å². The lowest BCUT2D eigenvalue weighted by Gasteiger charge is -2.05. The van der Waals surface area contributed by atoms with Gasteiger partial charge in [0, 0.05) is 17.9 Å². The summed E-state index contributed by atoms with van der Waals surface area (Å²) in [6.45, 7) is 3.61. The van der Waals surface area contributed by atoms with Crippen molar-refractivity contribution in [2.75, 3.05) is 0 Å². The van der Waals surface area contributed by atoms with Gasteiger partial charge in [-0.15, -0.1) is 6.58 Å². The minimum Gasteiger partial charge on any atom is -0.423 e. The van der Waals surface area contributed by atoms with E-state index in [1.807, 2.05) is 0 Å². The highest BCUT2D eigenvalue weighted by Gasteiger charge is 2.14. The maximum atomic E-state index is 8.99. The molecule has 4 heteroatoms. The van der Waals surface area contributed by atoms with E-state index in [1.54, 1.807) is 18.3 Å². The molecule has 0 spiro atoms. The van der Waals surface area contributed by atoms with Crippen LogP contribution in [-0.4, -0.2) is 22.2 Å². The average Bonchev–Trinajstić information content (AvgIpc) is 2.15. The molecule has 1 aromatic rings. The van der Waals surface area contributed by atoms with Crippen molar-refractivity contribution < 1.29 is 10.0 Å². The van der Waals surface area contributed by atoms with Crippen molar-refractivity contribution in [1.29, 1.82) is 0 Å². The number of aromatic nitrogens is 1. The fourth-order valence-corrected chi connectivity index (χ4v) is 1.15. The summed E-state index contributed by atoms with van der Waals surface area (Å²) in [5.74, 6) is 0. The van der Waals surface area contributed by atoms with E-state index in [-0.39, 0.29) is 0 Å². The topological polar surface area (TPSA) is 53.4 Å². The molecule has 13 heavy (non-hydrogen) atoms. The van der Waals surface area contributed by atoms with Crippen LogP contribution in [0.15, 0.2) is 31.1 Å². The van der Waals surface area contributed by atoms with Crippen molar-refractivity contribution in [2.24, 2.45) is 0 Å². The monoisotopic (exact) mass is 177 g/mol. The van der Waals surface area contributed by atoms with E-state index in [0.29, 0.717) is 5.46 Å². The second-order valence-corrected chi connectivity index (χ2v) is 2.78. The molecule has 0 aliphatic rings. The molecule has 0 fully saturated rings. The van der Waals surface area contributed by atoms with E-state index in [0.717, 1.165) is 18.4 Å². The van der Waals surface area contributed by atoms with Gasteiger partial charge in [0.15, 0.2) is 0 Å². The predicted octanol–water partition coefficient (Wildman–Crippen LogP) is -0.120. The maximum Gasteiger partial charge on any atom is 0.490 e. The lowest BCUT2D eigenvalue weighted by atomic mass is 9.77. The molecule has 0 amide bonds. The summed E-state index contributed by atoms with van der Waals surface area (Å²) in [5, 5.41) is 18.0. The molecule has 0 aliphatic heterocycles. The van der Waals surface area contributed by atoms with Crippen LogP contribution < -0.4 is 5.46 Å². The molecule has 0 atom stereocenters. The van der Waals surface area contributed by atoms with Crippen molar-refractivity contribution in [3.8, 4) is 0 Å². The van der Waals surface area contributed by atoms with E-state index in [4.69, 9.17) is 10.0 Å². The van der Waals surface area contributed by atoms with Crippen LogP contribution in [0.5, 0.6) is 0 Å². The SMILES string of the molecule is C=CCCc1ccncc1B(O)O. The third-order valence-electron chi connectivity index (χ3n) is 1.84. The van der Waals surface area contributed by atoms with Gasteiger partial charge in [-0.25, -0.2) is 0 Å². The van der Waals surface area contributed by atoms with E-state index in [2.05, 4.69) is 11.6 Å². The number of nitrogens with zero attached hydrogens (tertiary/aromatic N) is 1. The Labute approximate surface area is 77.9 Å². The van der Waals surface area contributed by atoms with Gasteiger partial charge in [0.2, 0.25) is 0 Å². The van der Waals surface area contributed by atoms with E-state index < -0.39 is 7.12 Å². The average molecular weight is 177 g/mol. The van der Waals surface area contributed by atoms with Gasteiger partial charge in [0.25, 0.3) is 0 Å². The summed E-state index contributed by atoms with van der Waals surface area (Å²) in [7, 11) is -1.44. The summed E-state index contributed by atoms with van der Waals surface area (Å²) >= 11 is 0. The van der Waals surface area contributed by atoms with Crippen LogP contribution in [0, 0.1) is 0 Å². The fourth-order valence-electron chi connectivity index (χ4n) is 1.15. The van der Waals surface area contributed by atoms with Crippen molar-refractivity contribution in [2.45, 2.75) is 12.8 Å². The Kier molecular flexibility index (Phi) is 3.67. The largest absolute Gasteiger partial charge is 0.490 e. The standard InChI is InChI=1S/C9H12BNO2/c1-2-3-4-8-5-6-11-7-9(8)10(12)13/h2,5-7,12-13H,1,3-4H2. The summed E-state index contributed by atoms with van der Waals surface area (Å²) < 4.78 is 0. The van der Waals surface area contributed by atoms with Crippen LogP contribution in [0.25, 0.3) is 0 Å². The highest BCUT2D eigenvalue weighted by atomic mass is 16.4. The zero-order valence-corrected chi connectivity index (χ0v) is 7.35. The first kappa shape index (κ1) is 9.96. The zero-order valence-electron chi connectivity index (χ0n) is 7.35. The summed E-state index contributed by atoms with van der Waals surface area (Å²) in [4.78, 5) is 3.83. The molecule has 0 unspecified atom stereocenters. The molecule has 1 rings (SSSR count). The smallest absolute Gasteiger partial charge is 0.423 e. The first-order chi connectivity index (χ1) is 6.25. The Morgan fingerprint density at radius 2 is 2.31 bits per heavy atom. The Morgan fingerprint density at radius 1 is 1.54 bits per heavy atom. The quantitative estimate of drug-likeness (QED) is 0.497. The minimum atomic E-state index is -1.44. The third kappa shape index (κ3) is 2.68. The minimum absolute atomic E-state index is 0.476. The molecular weight excluding hydrogens is 165 g/mol. The number of pyridine rings is 1. The Hall–Kier alpha value is -1.13. The number of hydrogen-bond acceptors (Lipinski definition) is 3. The predicted molar refractivity (Wildman–Crippen MR) is 52.6 cm³/mol. The molecule has 1 heterocycles. The molecule has 0 saturated heterocycles. The van der Waals surface area contributed by atoms with Gasteiger partial charge in [0.1, 0.15) is 0 Å². The molecule has 0 aliphatic carbocycles. The Balaban J connectivity index is 2.84. The number of aryl methyl sites for hydroxylation is 1. The summed E-state index contributed by atoms with van der Waals surface area (Å²) in [5.41, 5.74) is 1.38. The first-order valence-corrected chi connectivity index (χ1v) is 4.15. The highest BCUT2D eigenvalue weighted by Crippen LogP contribution is 1.99. The molecule has 0 aromatic carbocycles. The van der Waals surface area contributed by atoms with Crippen molar-refractivity contribution >= 4 is 12.6 Å². The number of allylic oxidation sites excluding steroid dienone is 1. The molecule has 1 aromatic heterocycles.